The number of hydrogen-bond acceptors (Lipinski definition) is 5. The van der Waals surface area contributed by atoms with Gasteiger partial charge in [0.05, 0.1) is 27.7 Å². The molecule has 3 aromatic rings. The minimum Gasteiger partial charge on any atom is -0.497 e. The molecule has 1 N–H and O–H groups in total. The van der Waals surface area contributed by atoms with Gasteiger partial charge in [-0.05, 0) is 42.8 Å². The first kappa shape index (κ1) is 25.9. The van der Waals surface area contributed by atoms with E-state index in [4.69, 9.17) is 39.5 Å². The Morgan fingerprint density at radius 2 is 1.70 bits per heavy atom. The lowest BCUT2D eigenvalue weighted by Gasteiger charge is -2.22. The molecule has 0 unspecified atom stereocenters. The van der Waals surface area contributed by atoms with Gasteiger partial charge in [-0.2, -0.15) is 13.2 Å². The van der Waals surface area contributed by atoms with Crippen LogP contribution in [0.4, 0.5) is 24.0 Å². The van der Waals surface area contributed by atoms with Crippen LogP contribution in [0, 0.1) is 0 Å². The number of aromatic nitrogens is 1. The number of anilines is 2. The maximum Gasteiger partial charge on any atom is 0.434 e. The molecule has 33 heavy (non-hydrogen) atoms. The molecular weight excluding hydrogens is 518 g/mol. The number of ether oxygens (including phenoxy) is 1. The molecule has 0 fully saturated rings. The van der Waals surface area contributed by atoms with E-state index in [1.54, 1.807) is 7.11 Å². The van der Waals surface area contributed by atoms with Crippen LogP contribution in [0.2, 0.25) is 15.1 Å². The van der Waals surface area contributed by atoms with E-state index in [1.807, 2.05) is 36.1 Å². The van der Waals surface area contributed by atoms with Gasteiger partial charge in [0.15, 0.2) is 10.8 Å². The summed E-state index contributed by atoms with van der Waals surface area (Å²) in [6.07, 6.45) is -3.81. The Hall–Kier alpha value is -1.71. The number of halogens is 6. The summed E-state index contributed by atoms with van der Waals surface area (Å²) >= 11 is 19.2. The van der Waals surface area contributed by atoms with Crippen molar-refractivity contribution in [1.29, 1.82) is 0 Å². The summed E-state index contributed by atoms with van der Waals surface area (Å²) in [5.41, 5.74) is 0.299. The Labute approximate surface area is 209 Å². The number of alkyl halides is 3. The second-order valence-corrected chi connectivity index (χ2v) is 9.55. The van der Waals surface area contributed by atoms with E-state index in [-0.39, 0.29) is 32.3 Å². The van der Waals surface area contributed by atoms with Gasteiger partial charge in [0.25, 0.3) is 0 Å². The van der Waals surface area contributed by atoms with Gasteiger partial charge in [-0.3, -0.25) is 4.90 Å². The van der Waals surface area contributed by atoms with E-state index in [0.29, 0.717) is 18.1 Å². The zero-order valence-electron chi connectivity index (χ0n) is 17.8. The number of thiazole rings is 1. The van der Waals surface area contributed by atoms with E-state index in [0.717, 1.165) is 29.1 Å². The average molecular weight is 539 g/mol. The minimum absolute atomic E-state index is 0.0457. The van der Waals surface area contributed by atoms with Gasteiger partial charge in [0, 0.05) is 18.1 Å². The van der Waals surface area contributed by atoms with Gasteiger partial charge >= 0.3 is 6.18 Å². The first-order valence-electron chi connectivity index (χ1n) is 9.94. The van der Waals surface area contributed by atoms with Crippen LogP contribution in [0.3, 0.4) is 0 Å². The summed E-state index contributed by atoms with van der Waals surface area (Å²) in [5.74, 6) is 0.720. The molecule has 4 nitrogen and oxygen atoms in total. The van der Waals surface area contributed by atoms with Crippen molar-refractivity contribution in [3.05, 3.63) is 67.6 Å². The third-order valence-corrected chi connectivity index (χ3v) is 6.45. The number of hydrogen-bond donors (Lipinski definition) is 1. The van der Waals surface area contributed by atoms with Crippen LogP contribution in [0.15, 0.2) is 36.4 Å². The second kappa shape index (κ2) is 11.1. The Morgan fingerprint density at radius 1 is 1.06 bits per heavy atom. The zero-order valence-corrected chi connectivity index (χ0v) is 20.9. The molecule has 0 aliphatic carbocycles. The fourth-order valence-corrected chi connectivity index (χ4v) is 5.16. The molecular formula is C22H21Cl3F3N3OS. The van der Waals surface area contributed by atoms with Crippen LogP contribution in [-0.2, 0) is 19.3 Å². The molecule has 0 saturated heterocycles. The van der Waals surface area contributed by atoms with Crippen molar-refractivity contribution in [2.45, 2.75) is 32.6 Å². The maximum atomic E-state index is 13.8. The number of benzene rings is 2. The molecule has 178 valence electrons. The maximum absolute atomic E-state index is 13.8. The number of nitrogens with zero attached hydrogens (tertiary/aromatic N) is 2. The van der Waals surface area contributed by atoms with Crippen molar-refractivity contribution < 1.29 is 17.9 Å². The van der Waals surface area contributed by atoms with E-state index >= 15 is 0 Å². The molecule has 0 amide bonds. The molecule has 2 aromatic carbocycles. The molecule has 1 aromatic heterocycles. The summed E-state index contributed by atoms with van der Waals surface area (Å²) in [4.78, 5) is 5.87. The summed E-state index contributed by atoms with van der Waals surface area (Å²) < 4.78 is 46.5. The lowest BCUT2D eigenvalue weighted by Crippen LogP contribution is -2.24. The van der Waals surface area contributed by atoms with Gasteiger partial charge in [-0.1, -0.05) is 65.2 Å². The second-order valence-electron chi connectivity index (χ2n) is 7.22. The summed E-state index contributed by atoms with van der Waals surface area (Å²) in [5, 5.41) is 3.56. The molecule has 0 aliphatic rings. The normalized spacial score (nSPS) is 11.8. The number of nitrogens with one attached hydrogen (secondary N) is 1. The zero-order chi connectivity index (χ0) is 24.2. The Morgan fingerprint density at radius 3 is 2.24 bits per heavy atom. The van der Waals surface area contributed by atoms with E-state index in [1.165, 1.54) is 12.1 Å². The lowest BCUT2D eigenvalue weighted by molar-refractivity contribution is -0.141. The fourth-order valence-electron chi connectivity index (χ4n) is 3.22. The predicted octanol–water partition coefficient (Wildman–Crippen LogP) is 8.29. The lowest BCUT2D eigenvalue weighted by atomic mass is 10.2. The number of methoxy groups -OCH3 is 1. The van der Waals surface area contributed by atoms with Gasteiger partial charge in [0.2, 0.25) is 0 Å². The van der Waals surface area contributed by atoms with E-state index in [9.17, 15) is 13.2 Å². The molecule has 0 atom stereocenters. The van der Waals surface area contributed by atoms with E-state index < -0.39 is 11.9 Å². The van der Waals surface area contributed by atoms with Crippen LogP contribution >= 0.6 is 46.1 Å². The van der Waals surface area contributed by atoms with E-state index in [2.05, 4.69) is 10.3 Å². The van der Waals surface area contributed by atoms with Crippen molar-refractivity contribution >= 4 is 57.0 Å². The first-order valence-corrected chi connectivity index (χ1v) is 11.9. The van der Waals surface area contributed by atoms with Crippen LogP contribution in [0.1, 0.15) is 29.5 Å². The third-order valence-electron chi connectivity index (χ3n) is 4.68. The highest BCUT2D eigenvalue weighted by Crippen LogP contribution is 2.41. The van der Waals surface area contributed by atoms with Crippen molar-refractivity contribution in [1.82, 2.24) is 9.88 Å². The molecule has 0 saturated carbocycles. The van der Waals surface area contributed by atoms with Crippen LogP contribution < -0.4 is 10.1 Å². The predicted molar refractivity (Wildman–Crippen MR) is 129 cm³/mol. The Bertz CT molecular complexity index is 1070. The van der Waals surface area contributed by atoms with Gasteiger partial charge < -0.3 is 10.1 Å². The van der Waals surface area contributed by atoms with Crippen molar-refractivity contribution in [2.75, 3.05) is 19.0 Å². The quantitative estimate of drug-likeness (QED) is 0.297. The number of rotatable bonds is 9. The molecule has 3 rings (SSSR count). The summed E-state index contributed by atoms with van der Waals surface area (Å²) in [6.45, 7) is 3.19. The van der Waals surface area contributed by atoms with Crippen LogP contribution in [-0.4, -0.2) is 23.5 Å². The standard InChI is InChI=1S/C22H21Cl3F3N3OS/c1-3-8-31(11-13-4-6-15(32-2)7-5-13)12-18-20(22(26,27)28)30-21(33-18)29-19-16(24)9-14(23)10-17(19)25/h4-7,9-10H,3,8,11-12H2,1-2H3,(H,29,30). The summed E-state index contributed by atoms with van der Waals surface area (Å²) in [6, 6.07) is 10.4. The Balaban J connectivity index is 1.87. The highest BCUT2D eigenvalue weighted by molar-refractivity contribution is 7.15. The largest absolute Gasteiger partial charge is 0.497 e. The van der Waals surface area contributed by atoms with Gasteiger partial charge in [-0.15, -0.1) is 0 Å². The molecule has 0 spiro atoms. The van der Waals surface area contributed by atoms with Crippen molar-refractivity contribution in [3.63, 3.8) is 0 Å². The molecule has 11 heteroatoms. The van der Waals surface area contributed by atoms with Crippen LogP contribution in [0.25, 0.3) is 0 Å². The molecule has 0 bridgehead atoms. The fraction of sp³-hybridized carbons (Fsp3) is 0.318. The molecule has 0 radical (unpaired) electrons. The van der Waals surface area contributed by atoms with Crippen molar-refractivity contribution in [3.8, 4) is 5.75 Å². The highest BCUT2D eigenvalue weighted by atomic mass is 35.5. The first-order chi connectivity index (χ1) is 15.6. The highest BCUT2D eigenvalue weighted by Gasteiger charge is 2.38. The van der Waals surface area contributed by atoms with Gasteiger partial charge in [0.1, 0.15) is 5.75 Å². The average Bonchev–Trinajstić information content (AvgIpc) is 3.14. The molecule has 1 heterocycles. The third kappa shape index (κ3) is 6.90. The SMILES string of the molecule is CCCN(Cc1ccc(OC)cc1)Cc1sc(Nc2c(Cl)cc(Cl)cc2Cl)nc1C(F)(F)F. The topological polar surface area (TPSA) is 37.4 Å². The minimum atomic E-state index is -4.60. The van der Waals surface area contributed by atoms with Gasteiger partial charge in [-0.25, -0.2) is 4.98 Å². The molecule has 0 aliphatic heterocycles. The van der Waals surface area contributed by atoms with Crippen LogP contribution in [0.5, 0.6) is 5.75 Å². The monoisotopic (exact) mass is 537 g/mol. The Kier molecular flexibility index (Phi) is 8.75. The summed E-state index contributed by atoms with van der Waals surface area (Å²) in [7, 11) is 1.58. The van der Waals surface area contributed by atoms with Crippen molar-refractivity contribution in [2.24, 2.45) is 0 Å². The smallest absolute Gasteiger partial charge is 0.434 e.